The molecule has 3 nitrogen and oxygen atoms in total. The monoisotopic (exact) mass is 239 g/mol. The number of hydrogen-bond donors (Lipinski definition) is 0. The summed E-state index contributed by atoms with van der Waals surface area (Å²) in [6.07, 6.45) is -0.353. The fraction of sp³-hybridized carbons (Fsp3) is 0.133. The highest BCUT2D eigenvalue weighted by atomic mass is 16.6. The van der Waals surface area contributed by atoms with E-state index in [0.29, 0.717) is 5.56 Å². The summed E-state index contributed by atoms with van der Waals surface area (Å²) in [5.74, 6) is -0.266. The van der Waals surface area contributed by atoms with Gasteiger partial charge in [0, 0.05) is 12.6 Å². The fourth-order valence-electron chi connectivity index (χ4n) is 2.23. The minimum absolute atomic E-state index is 0.266. The lowest BCUT2D eigenvalue weighted by Crippen LogP contribution is -2.34. The van der Waals surface area contributed by atoms with Gasteiger partial charge < -0.3 is 9.64 Å². The summed E-state index contributed by atoms with van der Waals surface area (Å²) in [5, 5.41) is 0. The van der Waals surface area contributed by atoms with Crippen molar-refractivity contribution in [2.24, 2.45) is 0 Å². The molecule has 1 aliphatic heterocycles. The van der Waals surface area contributed by atoms with Crippen LogP contribution in [-0.4, -0.2) is 13.0 Å². The van der Waals surface area contributed by atoms with Gasteiger partial charge in [0.15, 0.2) is 0 Å². The van der Waals surface area contributed by atoms with Gasteiger partial charge in [0.05, 0.1) is 11.3 Å². The number of ether oxygens (including phenoxy) is 1. The van der Waals surface area contributed by atoms with Crippen molar-refractivity contribution in [3.05, 3.63) is 65.7 Å². The molecule has 1 unspecified atom stereocenters. The summed E-state index contributed by atoms with van der Waals surface area (Å²) in [4.78, 5) is 13.9. The van der Waals surface area contributed by atoms with Crippen molar-refractivity contribution in [2.75, 3.05) is 11.9 Å². The van der Waals surface area contributed by atoms with E-state index >= 15 is 0 Å². The standard InChI is InChI=1S/C15H13NO2/c1-16-13-10-6-5-9-12(13)15(17)18-14(16)11-7-3-2-4-8-11/h2-10,14H,1H3. The van der Waals surface area contributed by atoms with Gasteiger partial charge in [0.2, 0.25) is 6.23 Å². The highest BCUT2D eigenvalue weighted by Crippen LogP contribution is 2.34. The van der Waals surface area contributed by atoms with Gasteiger partial charge in [-0.05, 0) is 12.1 Å². The molecule has 0 spiro atoms. The lowest BCUT2D eigenvalue weighted by atomic mass is 10.1. The van der Waals surface area contributed by atoms with Crippen LogP contribution in [0.3, 0.4) is 0 Å². The Hall–Kier alpha value is -2.29. The largest absolute Gasteiger partial charge is 0.434 e. The molecule has 1 atom stereocenters. The zero-order chi connectivity index (χ0) is 12.5. The van der Waals surface area contributed by atoms with Crippen LogP contribution in [0.25, 0.3) is 0 Å². The van der Waals surface area contributed by atoms with Gasteiger partial charge in [-0.2, -0.15) is 0 Å². The molecule has 1 aliphatic rings. The second-order valence-electron chi connectivity index (χ2n) is 4.30. The molecular weight excluding hydrogens is 226 g/mol. The van der Waals surface area contributed by atoms with Crippen LogP contribution in [0.4, 0.5) is 5.69 Å². The molecule has 0 aromatic heterocycles. The Morgan fingerprint density at radius 3 is 2.44 bits per heavy atom. The first-order chi connectivity index (χ1) is 8.77. The third kappa shape index (κ3) is 1.64. The molecule has 2 aromatic carbocycles. The van der Waals surface area contributed by atoms with E-state index in [1.165, 1.54) is 0 Å². The summed E-state index contributed by atoms with van der Waals surface area (Å²) in [6, 6.07) is 17.2. The lowest BCUT2D eigenvalue weighted by molar-refractivity contribution is 0.0263. The van der Waals surface area contributed by atoms with E-state index in [0.717, 1.165) is 11.3 Å². The number of carbonyl (C=O) groups excluding carboxylic acids is 1. The highest BCUT2D eigenvalue weighted by molar-refractivity contribution is 5.97. The molecule has 3 heteroatoms. The lowest BCUT2D eigenvalue weighted by Gasteiger charge is -2.35. The number of carbonyl (C=O) groups is 1. The molecule has 0 aliphatic carbocycles. The van der Waals surface area contributed by atoms with Gasteiger partial charge in [-0.1, -0.05) is 42.5 Å². The topological polar surface area (TPSA) is 29.5 Å². The second kappa shape index (κ2) is 4.18. The van der Waals surface area contributed by atoms with Crippen LogP contribution in [0.1, 0.15) is 22.1 Å². The Morgan fingerprint density at radius 2 is 1.67 bits per heavy atom. The Morgan fingerprint density at radius 1 is 1.00 bits per heavy atom. The molecule has 2 aromatic rings. The zero-order valence-electron chi connectivity index (χ0n) is 10.0. The van der Waals surface area contributed by atoms with Crippen molar-refractivity contribution < 1.29 is 9.53 Å². The Bertz CT molecular complexity index is 580. The predicted octanol–water partition coefficient (Wildman–Crippen LogP) is 2.99. The number of para-hydroxylation sites is 1. The number of rotatable bonds is 1. The third-order valence-electron chi connectivity index (χ3n) is 3.16. The fourth-order valence-corrected chi connectivity index (χ4v) is 2.23. The first-order valence-electron chi connectivity index (χ1n) is 5.85. The third-order valence-corrected chi connectivity index (χ3v) is 3.16. The molecule has 0 N–H and O–H groups in total. The van der Waals surface area contributed by atoms with Gasteiger partial charge in [0.1, 0.15) is 0 Å². The maximum absolute atomic E-state index is 12.0. The van der Waals surface area contributed by atoms with Crippen LogP contribution in [0, 0.1) is 0 Å². The van der Waals surface area contributed by atoms with E-state index < -0.39 is 0 Å². The van der Waals surface area contributed by atoms with Gasteiger partial charge in [0.25, 0.3) is 0 Å². The first-order valence-corrected chi connectivity index (χ1v) is 5.85. The van der Waals surface area contributed by atoms with E-state index in [1.807, 2.05) is 60.5 Å². The first kappa shape index (κ1) is 10.8. The number of anilines is 1. The van der Waals surface area contributed by atoms with Crippen LogP contribution in [0.15, 0.2) is 54.6 Å². The summed E-state index contributed by atoms with van der Waals surface area (Å²) < 4.78 is 5.50. The number of cyclic esters (lactones) is 1. The average Bonchev–Trinajstić information content (AvgIpc) is 2.44. The number of fused-ring (bicyclic) bond motifs is 1. The van der Waals surface area contributed by atoms with E-state index in [2.05, 4.69) is 0 Å². The smallest absolute Gasteiger partial charge is 0.342 e. The van der Waals surface area contributed by atoms with Crippen molar-refractivity contribution >= 4 is 11.7 Å². The van der Waals surface area contributed by atoms with Crippen molar-refractivity contribution in [3.8, 4) is 0 Å². The molecule has 0 bridgehead atoms. The van der Waals surface area contributed by atoms with Gasteiger partial charge in [-0.25, -0.2) is 4.79 Å². The summed E-state index contributed by atoms with van der Waals surface area (Å²) in [5.41, 5.74) is 2.50. The SMILES string of the molecule is CN1c2ccccc2C(=O)OC1c1ccccc1. The maximum atomic E-state index is 12.0. The molecular formula is C15H13NO2. The molecule has 1 heterocycles. The normalized spacial score (nSPS) is 18.2. The van der Waals surface area contributed by atoms with E-state index in [1.54, 1.807) is 6.07 Å². The summed E-state index contributed by atoms with van der Waals surface area (Å²) in [7, 11) is 1.93. The number of hydrogen-bond acceptors (Lipinski definition) is 3. The van der Waals surface area contributed by atoms with E-state index in [-0.39, 0.29) is 12.2 Å². The molecule has 0 fully saturated rings. The average molecular weight is 239 g/mol. The molecule has 0 radical (unpaired) electrons. The van der Waals surface area contributed by atoms with Crippen LogP contribution in [0.5, 0.6) is 0 Å². The molecule has 0 saturated carbocycles. The van der Waals surface area contributed by atoms with Crippen LogP contribution in [0.2, 0.25) is 0 Å². The summed E-state index contributed by atoms with van der Waals surface area (Å²) >= 11 is 0. The van der Waals surface area contributed by atoms with Crippen molar-refractivity contribution in [3.63, 3.8) is 0 Å². The quantitative estimate of drug-likeness (QED) is 0.716. The summed E-state index contributed by atoms with van der Waals surface area (Å²) in [6.45, 7) is 0. The minimum Gasteiger partial charge on any atom is -0.434 e. The number of nitrogens with zero attached hydrogens (tertiary/aromatic N) is 1. The molecule has 0 amide bonds. The van der Waals surface area contributed by atoms with Crippen molar-refractivity contribution in [1.82, 2.24) is 0 Å². The van der Waals surface area contributed by atoms with Gasteiger partial charge in [-0.15, -0.1) is 0 Å². The minimum atomic E-state index is -0.353. The van der Waals surface area contributed by atoms with E-state index in [9.17, 15) is 4.79 Å². The zero-order valence-corrected chi connectivity index (χ0v) is 10.0. The van der Waals surface area contributed by atoms with Crippen LogP contribution in [-0.2, 0) is 4.74 Å². The van der Waals surface area contributed by atoms with Crippen molar-refractivity contribution in [2.45, 2.75) is 6.23 Å². The Kier molecular flexibility index (Phi) is 2.52. The molecule has 18 heavy (non-hydrogen) atoms. The van der Waals surface area contributed by atoms with E-state index in [4.69, 9.17) is 4.74 Å². The number of esters is 1. The van der Waals surface area contributed by atoms with Crippen LogP contribution >= 0.6 is 0 Å². The van der Waals surface area contributed by atoms with Gasteiger partial charge >= 0.3 is 5.97 Å². The Labute approximate surface area is 106 Å². The van der Waals surface area contributed by atoms with Crippen molar-refractivity contribution in [1.29, 1.82) is 0 Å². The Balaban J connectivity index is 2.05. The molecule has 3 rings (SSSR count). The number of benzene rings is 2. The molecule has 0 saturated heterocycles. The molecule has 90 valence electrons. The second-order valence-corrected chi connectivity index (χ2v) is 4.30. The van der Waals surface area contributed by atoms with Gasteiger partial charge in [-0.3, -0.25) is 0 Å². The van der Waals surface area contributed by atoms with Crippen LogP contribution < -0.4 is 4.90 Å². The highest BCUT2D eigenvalue weighted by Gasteiger charge is 2.30. The maximum Gasteiger partial charge on any atom is 0.342 e. The predicted molar refractivity (Wildman–Crippen MR) is 69.4 cm³/mol.